The fraction of sp³-hybridized carbons (Fsp3) is 0.421. The molecule has 0 radical (unpaired) electrons. The topological polar surface area (TPSA) is 67.2 Å². The molecule has 2 aliphatic rings. The van der Waals surface area contributed by atoms with Crippen LogP contribution in [0.4, 0.5) is 5.82 Å². The highest BCUT2D eigenvalue weighted by molar-refractivity contribution is 8.01. The molecular weight excluding hydrogens is 348 g/mol. The van der Waals surface area contributed by atoms with Crippen LogP contribution in [0.3, 0.4) is 0 Å². The summed E-state index contributed by atoms with van der Waals surface area (Å²) in [4.78, 5) is 26.6. The second-order valence-corrected chi connectivity index (χ2v) is 8.62. The van der Waals surface area contributed by atoms with Crippen LogP contribution in [0.5, 0.6) is 0 Å². The van der Waals surface area contributed by atoms with Crippen LogP contribution in [0.25, 0.3) is 0 Å². The van der Waals surface area contributed by atoms with Crippen molar-refractivity contribution in [2.45, 2.75) is 44.1 Å². The number of nitrogens with zero attached hydrogens (tertiary/aromatic N) is 3. The van der Waals surface area contributed by atoms with Crippen molar-refractivity contribution in [3.63, 3.8) is 0 Å². The molecule has 2 aromatic rings. The summed E-state index contributed by atoms with van der Waals surface area (Å²) in [5.41, 5.74) is 2.32. The SMILES string of the molecule is Cc1cccc(Cn2nccc2NC(=O)[C@H]2CS[C@@]3(C)CCC(=O)N23)c1. The maximum Gasteiger partial charge on any atom is 0.249 e. The van der Waals surface area contributed by atoms with Gasteiger partial charge in [-0.2, -0.15) is 5.10 Å². The first kappa shape index (κ1) is 17.1. The number of hydrogen-bond acceptors (Lipinski definition) is 4. The molecule has 4 rings (SSSR count). The minimum absolute atomic E-state index is 0.0749. The molecule has 3 heterocycles. The normalized spacial score (nSPS) is 24.8. The van der Waals surface area contributed by atoms with Crippen LogP contribution in [-0.4, -0.2) is 43.2 Å². The first-order valence-electron chi connectivity index (χ1n) is 8.81. The molecule has 0 saturated carbocycles. The number of fused-ring (bicyclic) bond motifs is 1. The van der Waals surface area contributed by atoms with Crippen LogP contribution in [0.1, 0.15) is 30.9 Å². The molecule has 2 amide bonds. The number of benzene rings is 1. The zero-order valence-electron chi connectivity index (χ0n) is 14.9. The van der Waals surface area contributed by atoms with Gasteiger partial charge in [0.05, 0.1) is 17.6 Å². The van der Waals surface area contributed by atoms with Crippen molar-refractivity contribution in [3.05, 3.63) is 47.7 Å². The Morgan fingerprint density at radius 2 is 2.27 bits per heavy atom. The highest BCUT2D eigenvalue weighted by Gasteiger charge is 2.52. The van der Waals surface area contributed by atoms with Crippen molar-refractivity contribution in [1.82, 2.24) is 14.7 Å². The molecule has 2 atom stereocenters. The summed E-state index contributed by atoms with van der Waals surface area (Å²) in [5.74, 6) is 1.23. The van der Waals surface area contributed by atoms with Crippen molar-refractivity contribution in [1.29, 1.82) is 0 Å². The predicted octanol–water partition coefficient (Wildman–Crippen LogP) is 2.63. The number of carbonyl (C=O) groups excluding carboxylic acids is 2. The summed E-state index contributed by atoms with van der Waals surface area (Å²) in [6.45, 7) is 4.69. The summed E-state index contributed by atoms with van der Waals surface area (Å²) in [6, 6.07) is 9.60. The number of thioether (sulfide) groups is 1. The van der Waals surface area contributed by atoms with E-state index in [1.165, 1.54) is 5.56 Å². The zero-order chi connectivity index (χ0) is 18.3. The monoisotopic (exact) mass is 370 g/mol. The van der Waals surface area contributed by atoms with Crippen molar-refractivity contribution >= 4 is 29.4 Å². The molecule has 1 aromatic heterocycles. The second-order valence-electron chi connectivity index (χ2n) is 7.12. The van der Waals surface area contributed by atoms with Gasteiger partial charge in [-0.25, -0.2) is 4.68 Å². The Hall–Kier alpha value is -2.28. The molecule has 1 N–H and O–H groups in total. The van der Waals surface area contributed by atoms with E-state index in [2.05, 4.69) is 36.4 Å². The lowest BCUT2D eigenvalue weighted by Crippen LogP contribution is -2.48. The minimum atomic E-state index is -0.415. The van der Waals surface area contributed by atoms with Crippen molar-refractivity contribution < 1.29 is 9.59 Å². The Kier molecular flexibility index (Phi) is 4.26. The minimum Gasteiger partial charge on any atom is -0.315 e. The number of carbonyl (C=O) groups is 2. The number of aryl methyl sites for hydroxylation is 1. The third-order valence-electron chi connectivity index (χ3n) is 5.13. The van der Waals surface area contributed by atoms with E-state index in [0.29, 0.717) is 24.5 Å². The molecule has 6 nitrogen and oxygen atoms in total. The summed E-state index contributed by atoms with van der Waals surface area (Å²) in [7, 11) is 0. The molecule has 7 heteroatoms. The Morgan fingerprint density at radius 3 is 3.08 bits per heavy atom. The number of nitrogens with one attached hydrogen (secondary N) is 1. The first-order valence-corrected chi connectivity index (χ1v) is 9.79. The van der Waals surface area contributed by atoms with Crippen LogP contribution in [-0.2, 0) is 16.1 Å². The van der Waals surface area contributed by atoms with Crippen LogP contribution >= 0.6 is 11.8 Å². The van der Waals surface area contributed by atoms with Crippen LogP contribution in [0.15, 0.2) is 36.5 Å². The Bertz CT molecular complexity index is 865. The maximum absolute atomic E-state index is 12.8. The average Bonchev–Trinajstić information content (AvgIpc) is 3.25. The van der Waals surface area contributed by atoms with Gasteiger partial charge in [0.15, 0.2) is 0 Å². The average molecular weight is 370 g/mol. The van der Waals surface area contributed by atoms with E-state index >= 15 is 0 Å². The summed E-state index contributed by atoms with van der Waals surface area (Å²) < 4.78 is 1.78. The van der Waals surface area contributed by atoms with Gasteiger partial charge < -0.3 is 10.2 Å². The van der Waals surface area contributed by atoms with Gasteiger partial charge in [0.2, 0.25) is 11.8 Å². The number of rotatable bonds is 4. The Morgan fingerprint density at radius 1 is 1.42 bits per heavy atom. The smallest absolute Gasteiger partial charge is 0.249 e. The molecule has 2 aliphatic heterocycles. The molecular formula is C19H22N4O2S. The number of amides is 2. The first-order chi connectivity index (χ1) is 12.5. The van der Waals surface area contributed by atoms with E-state index in [9.17, 15) is 9.59 Å². The molecule has 0 unspecified atom stereocenters. The van der Waals surface area contributed by atoms with Gasteiger partial charge >= 0.3 is 0 Å². The fourth-order valence-corrected chi connectivity index (χ4v) is 5.20. The number of anilines is 1. The summed E-state index contributed by atoms with van der Waals surface area (Å²) >= 11 is 1.70. The zero-order valence-corrected chi connectivity index (χ0v) is 15.8. The Labute approximate surface area is 156 Å². The predicted molar refractivity (Wildman–Crippen MR) is 102 cm³/mol. The second kappa shape index (κ2) is 6.46. The maximum atomic E-state index is 12.8. The van der Waals surface area contributed by atoms with Gasteiger partial charge in [-0.1, -0.05) is 29.8 Å². The van der Waals surface area contributed by atoms with Crippen molar-refractivity contribution in [2.24, 2.45) is 0 Å². The fourth-order valence-electron chi connectivity index (χ4n) is 3.77. The lowest BCUT2D eigenvalue weighted by atomic mass is 10.1. The largest absolute Gasteiger partial charge is 0.315 e. The Balaban J connectivity index is 1.49. The van der Waals surface area contributed by atoms with E-state index in [1.54, 1.807) is 33.6 Å². The molecule has 136 valence electrons. The molecule has 0 bridgehead atoms. The molecule has 26 heavy (non-hydrogen) atoms. The summed E-state index contributed by atoms with van der Waals surface area (Å²) in [5, 5.41) is 7.30. The van der Waals surface area contributed by atoms with Gasteiger partial charge in [-0.15, -0.1) is 11.8 Å². The van der Waals surface area contributed by atoms with Crippen LogP contribution in [0, 0.1) is 6.92 Å². The third-order valence-corrected chi connectivity index (χ3v) is 6.64. The molecule has 2 saturated heterocycles. The van der Waals surface area contributed by atoms with E-state index in [0.717, 1.165) is 12.0 Å². The quantitative estimate of drug-likeness (QED) is 0.898. The van der Waals surface area contributed by atoms with Gasteiger partial charge in [-0.3, -0.25) is 9.59 Å². The highest BCUT2D eigenvalue weighted by Crippen LogP contribution is 2.47. The van der Waals surface area contributed by atoms with E-state index < -0.39 is 6.04 Å². The lowest BCUT2D eigenvalue weighted by Gasteiger charge is -2.29. The van der Waals surface area contributed by atoms with E-state index in [4.69, 9.17) is 0 Å². The molecule has 1 aromatic carbocycles. The van der Waals surface area contributed by atoms with Crippen LogP contribution < -0.4 is 5.32 Å². The highest BCUT2D eigenvalue weighted by atomic mass is 32.2. The standard InChI is InChI=1S/C19H22N4O2S/c1-13-4-3-5-14(10-13)11-22-16(7-9-20-22)21-18(25)15-12-26-19(2)8-6-17(24)23(15)19/h3-5,7,9-10,15H,6,8,11-12H2,1-2H3,(H,21,25)/t15-,19+/m1/s1. The van der Waals surface area contributed by atoms with Gasteiger partial charge in [0.25, 0.3) is 0 Å². The number of aromatic nitrogens is 2. The van der Waals surface area contributed by atoms with E-state index in [1.807, 2.05) is 12.1 Å². The number of hydrogen-bond donors (Lipinski definition) is 1. The van der Waals surface area contributed by atoms with Gasteiger partial charge in [0.1, 0.15) is 11.9 Å². The third kappa shape index (κ3) is 3.00. The lowest BCUT2D eigenvalue weighted by molar-refractivity contribution is -0.135. The van der Waals surface area contributed by atoms with Crippen LogP contribution in [0.2, 0.25) is 0 Å². The van der Waals surface area contributed by atoms with E-state index in [-0.39, 0.29) is 16.7 Å². The van der Waals surface area contributed by atoms with Crippen molar-refractivity contribution in [2.75, 3.05) is 11.1 Å². The van der Waals surface area contributed by atoms with Crippen molar-refractivity contribution in [3.8, 4) is 0 Å². The summed E-state index contributed by atoms with van der Waals surface area (Å²) in [6.07, 6.45) is 3.02. The molecule has 0 spiro atoms. The molecule has 2 fully saturated rings. The molecule has 0 aliphatic carbocycles. The van der Waals surface area contributed by atoms with Gasteiger partial charge in [0, 0.05) is 18.2 Å². The van der Waals surface area contributed by atoms with Gasteiger partial charge in [-0.05, 0) is 25.8 Å².